The normalized spacial score (nSPS) is 17.3. The molecule has 1 aromatic carbocycles. The van der Waals surface area contributed by atoms with Crippen LogP contribution < -0.4 is 5.32 Å². The monoisotopic (exact) mass is 386 g/mol. The van der Waals surface area contributed by atoms with E-state index in [2.05, 4.69) is 5.32 Å². The molecule has 0 saturated carbocycles. The zero-order chi connectivity index (χ0) is 20.0. The Morgan fingerprint density at radius 1 is 1.22 bits per heavy atom. The molecule has 148 valence electrons. The summed E-state index contributed by atoms with van der Waals surface area (Å²) < 4.78 is 42.3. The minimum absolute atomic E-state index is 0.0193. The van der Waals surface area contributed by atoms with Crippen molar-refractivity contribution in [2.75, 3.05) is 26.2 Å². The van der Waals surface area contributed by atoms with Gasteiger partial charge in [0.1, 0.15) is 6.54 Å². The first kappa shape index (κ1) is 20.7. The van der Waals surface area contributed by atoms with Crippen molar-refractivity contribution < 1.29 is 32.3 Å². The van der Waals surface area contributed by atoms with E-state index in [0.29, 0.717) is 19.0 Å². The molecule has 2 rings (SSSR count). The van der Waals surface area contributed by atoms with Gasteiger partial charge in [0.05, 0.1) is 5.56 Å². The van der Waals surface area contributed by atoms with Crippen molar-refractivity contribution in [3.8, 4) is 0 Å². The Kier molecular flexibility index (Phi) is 6.81. The van der Waals surface area contributed by atoms with Gasteiger partial charge in [-0.05, 0) is 43.0 Å². The number of ether oxygens (including phenoxy) is 1. The molecule has 0 bridgehead atoms. The highest BCUT2D eigenvalue weighted by Gasteiger charge is 2.30. The Morgan fingerprint density at radius 2 is 1.89 bits per heavy atom. The molecule has 1 unspecified atom stereocenters. The lowest BCUT2D eigenvalue weighted by Gasteiger charge is -2.30. The second-order valence-corrected chi connectivity index (χ2v) is 6.51. The predicted molar refractivity (Wildman–Crippen MR) is 89.7 cm³/mol. The lowest BCUT2D eigenvalue weighted by Crippen LogP contribution is -2.42. The summed E-state index contributed by atoms with van der Waals surface area (Å²) in [4.78, 5) is 37.1. The van der Waals surface area contributed by atoms with Crippen molar-refractivity contribution in [2.24, 2.45) is 5.92 Å². The summed E-state index contributed by atoms with van der Waals surface area (Å²) in [6, 6.07) is 3.60. The van der Waals surface area contributed by atoms with E-state index < -0.39 is 36.8 Å². The fraction of sp³-hybridized carbons (Fsp3) is 0.500. The van der Waals surface area contributed by atoms with E-state index in [1.807, 2.05) is 6.92 Å². The third-order valence-corrected chi connectivity index (χ3v) is 4.23. The summed E-state index contributed by atoms with van der Waals surface area (Å²) in [5.74, 6) is -1.39. The van der Waals surface area contributed by atoms with Gasteiger partial charge in [0, 0.05) is 18.7 Å². The molecule has 0 radical (unpaired) electrons. The van der Waals surface area contributed by atoms with Crippen molar-refractivity contribution >= 4 is 17.8 Å². The molecule has 1 saturated heterocycles. The minimum Gasteiger partial charge on any atom is -0.454 e. The van der Waals surface area contributed by atoms with E-state index in [1.165, 1.54) is 0 Å². The number of nitrogens with one attached hydrogen (secondary N) is 1. The van der Waals surface area contributed by atoms with Crippen LogP contribution in [0.25, 0.3) is 0 Å². The van der Waals surface area contributed by atoms with Crippen LogP contribution in [-0.2, 0) is 20.5 Å². The zero-order valence-corrected chi connectivity index (χ0v) is 14.8. The van der Waals surface area contributed by atoms with Crippen LogP contribution in [0.4, 0.5) is 13.2 Å². The number of likely N-dealkylation sites (tertiary alicyclic amines) is 1. The van der Waals surface area contributed by atoms with Crippen LogP contribution in [0, 0.1) is 5.92 Å². The first-order valence-electron chi connectivity index (χ1n) is 8.55. The molecule has 2 amide bonds. The molecule has 1 aliphatic rings. The molecule has 6 nitrogen and oxygen atoms in total. The highest BCUT2D eigenvalue weighted by molar-refractivity contribution is 5.96. The summed E-state index contributed by atoms with van der Waals surface area (Å²) in [6.45, 7) is 2.42. The molecule has 1 aliphatic heterocycles. The van der Waals surface area contributed by atoms with Gasteiger partial charge >= 0.3 is 12.1 Å². The summed E-state index contributed by atoms with van der Waals surface area (Å²) in [5, 5.41) is 2.25. The summed E-state index contributed by atoms with van der Waals surface area (Å²) >= 11 is 0. The Bertz CT molecular complexity index is 689. The standard InChI is InChI=1S/C18H21F3N2O4/c1-12-3-2-8-23(10-12)15(24)11-27-16(25)9-22-17(26)13-4-6-14(7-5-13)18(19,20)21/h4-7,12H,2-3,8-11H2,1H3,(H,22,26). The molecule has 0 aliphatic carbocycles. The average molecular weight is 386 g/mol. The Balaban J connectivity index is 1.74. The van der Waals surface area contributed by atoms with Crippen molar-refractivity contribution in [2.45, 2.75) is 25.9 Å². The van der Waals surface area contributed by atoms with Gasteiger partial charge < -0.3 is 15.0 Å². The van der Waals surface area contributed by atoms with Crippen LogP contribution in [-0.4, -0.2) is 48.9 Å². The number of halogens is 3. The summed E-state index contributed by atoms with van der Waals surface area (Å²) in [7, 11) is 0. The van der Waals surface area contributed by atoms with Crippen molar-refractivity contribution in [3.05, 3.63) is 35.4 Å². The number of piperidine rings is 1. The van der Waals surface area contributed by atoms with Crippen molar-refractivity contribution in [1.82, 2.24) is 10.2 Å². The predicted octanol–water partition coefficient (Wildman–Crippen LogP) is 2.24. The number of nitrogens with zero attached hydrogens (tertiary/aromatic N) is 1. The fourth-order valence-electron chi connectivity index (χ4n) is 2.77. The lowest BCUT2D eigenvalue weighted by atomic mass is 10.0. The lowest BCUT2D eigenvalue weighted by molar-refractivity contribution is -0.151. The molecule has 1 atom stereocenters. The van der Waals surface area contributed by atoms with Crippen LogP contribution in [0.5, 0.6) is 0 Å². The van der Waals surface area contributed by atoms with E-state index in [9.17, 15) is 27.6 Å². The third-order valence-electron chi connectivity index (χ3n) is 4.23. The van der Waals surface area contributed by atoms with Gasteiger partial charge in [-0.1, -0.05) is 6.92 Å². The number of carbonyl (C=O) groups excluding carboxylic acids is 3. The first-order chi connectivity index (χ1) is 12.7. The zero-order valence-electron chi connectivity index (χ0n) is 14.8. The Morgan fingerprint density at radius 3 is 2.48 bits per heavy atom. The molecule has 1 aromatic rings. The van der Waals surface area contributed by atoms with Crippen LogP contribution in [0.15, 0.2) is 24.3 Å². The molecule has 0 spiro atoms. The van der Waals surface area contributed by atoms with E-state index in [4.69, 9.17) is 4.74 Å². The number of rotatable bonds is 5. The molecule has 1 fully saturated rings. The van der Waals surface area contributed by atoms with E-state index in [-0.39, 0.29) is 11.5 Å². The van der Waals surface area contributed by atoms with E-state index in [0.717, 1.165) is 37.1 Å². The number of hydrogen-bond acceptors (Lipinski definition) is 4. The number of benzene rings is 1. The first-order valence-corrected chi connectivity index (χ1v) is 8.55. The number of carbonyl (C=O) groups is 3. The van der Waals surface area contributed by atoms with Crippen molar-refractivity contribution in [1.29, 1.82) is 0 Å². The maximum absolute atomic E-state index is 12.5. The maximum Gasteiger partial charge on any atom is 0.416 e. The smallest absolute Gasteiger partial charge is 0.416 e. The number of esters is 1. The fourth-order valence-corrected chi connectivity index (χ4v) is 2.77. The second kappa shape index (κ2) is 8.88. The quantitative estimate of drug-likeness (QED) is 0.788. The molecule has 9 heteroatoms. The molecular formula is C18H21F3N2O4. The minimum atomic E-state index is -4.49. The van der Waals surface area contributed by atoms with Gasteiger partial charge in [-0.15, -0.1) is 0 Å². The van der Waals surface area contributed by atoms with Gasteiger partial charge in [-0.25, -0.2) is 0 Å². The van der Waals surface area contributed by atoms with Crippen LogP contribution in [0.1, 0.15) is 35.7 Å². The molecule has 27 heavy (non-hydrogen) atoms. The average Bonchev–Trinajstić information content (AvgIpc) is 2.63. The van der Waals surface area contributed by atoms with Gasteiger partial charge in [0.2, 0.25) is 0 Å². The highest BCUT2D eigenvalue weighted by Crippen LogP contribution is 2.29. The van der Waals surface area contributed by atoms with Crippen LogP contribution in [0.3, 0.4) is 0 Å². The van der Waals surface area contributed by atoms with Gasteiger partial charge in [-0.2, -0.15) is 13.2 Å². The third kappa shape index (κ3) is 6.26. The molecular weight excluding hydrogens is 365 g/mol. The van der Waals surface area contributed by atoms with Crippen molar-refractivity contribution in [3.63, 3.8) is 0 Å². The SMILES string of the molecule is CC1CCCN(C(=O)COC(=O)CNC(=O)c2ccc(C(F)(F)F)cc2)C1. The molecule has 1 N–H and O–H groups in total. The second-order valence-electron chi connectivity index (χ2n) is 6.51. The molecule has 1 heterocycles. The number of alkyl halides is 3. The Hall–Kier alpha value is -2.58. The van der Waals surface area contributed by atoms with E-state index in [1.54, 1.807) is 4.90 Å². The Labute approximate surface area is 154 Å². The summed E-state index contributed by atoms with van der Waals surface area (Å²) in [6.07, 6.45) is -2.53. The van der Waals surface area contributed by atoms with Gasteiger partial charge in [0.25, 0.3) is 11.8 Å². The number of hydrogen-bond donors (Lipinski definition) is 1. The topological polar surface area (TPSA) is 75.7 Å². The van der Waals surface area contributed by atoms with Crippen LogP contribution in [0.2, 0.25) is 0 Å². The molecule has 0 aromatic heterocycles. The highest BCUT2D eigenvalue weighted by atomic mass is 19.4. The van der Waals surface area contributed by atoms with Gasteiger partial charge in [-0.3, -0.25) is 14.4 Å². The van der Waals surface area contributed by atoms with E-state index >= 15 is 0 Å². The van der Waals surface area contributed by atoms with Crippen LogP contribution >= 0.6 is 0 Å². The number of amides is 2. The summed E-state index contributed by atoms with van der Waals surface area (Å²) in [5.41, 5.74) is -0.891. The maximum atomic E-state index is 12.5. The largest absolute Gasteiger partial charge is 0.454 e. The van der Waals surface area contributed by atoms with Gasteiger partial charge in [0.15, 0.2) is 6.61 Å².